The number of aliphatic hydroxyl groups is 11. The molecule has 0 radical (unpaired) electrons. The number of hydrogen-bond acceptors (Lipinski definition) is 20. The number of nitrogens with one attached hydrogen (secondary N) is 1. The monoisotopic (exact) mass is 690 g/mol. The van der Waals surface area contributed by atoms with E-state index in [1.165, 1.54) is 0 Å². The van der Waals surface area contributed by atoms with Gasteiger partial charge in [-0.1, -0.05) is 0 Å². The molecule has 4 aliphatic rings. The van der Waals surface area contributed by atoms with Crippen LogP contribution in [0.15, 0.2) is 0 Å². The van der Waals surface area contributed by atoms with Crippen LogP contribution in [0.25, 0.3) is 0 Å². The van der Waals surface area contributed by atoms with Crippen LogP contribution in [-0.4, -0.2) is 212 Å². The Kier molecular flexibility index (Phi) is 13.6. The van der Waals surface area contributed by atoms with Crippen LogP contribution >= 0.6 is 0 Å². The van der Waals surface area contributed by atoms with Crippen LogP contribution in [-0.2, 0) is 38.0 Å². The highest BCUT2D eigenvalue weighted by atomic mass is 16.8. The van der Waals surface area contributed by atoms with Crippen molar-refractivity contribution in [2.24, 2.45) is 5.73 Å². The van der Waals surface area contributed by atoms with Crippen molar-refractivity contribution in [1.82, 2.24) is 5.32 Å². The first-order valence-electron chi connectivity index (χ1n) is 15.0. The van der Waals surface area contributed by atoms with Gasteiger partial charge >= 0.3 is 0 Å². The van der Waals surface area contributed by atoms with Crippen molar-refractivity contribution >= 4 is 5.91 Å². The summed E-state index contributed by atoms with van der Waals surface area (Å²) in [6, 6.07) is -2.50. The fourth-order valence-corrected chi connectivity index (χ4v) is 5.93. The third-order valence-electron chi connectivity index (χ3n) is 8.59. The van der Waals surface area contributed by atoms with Crippen molar-refractivity contribution in [3.8, 4) is 0 Å². The van der Waals surface area contributed by atoms with Gasteiger partial charge in [-0.05, 0) is 0 Å². The molecule has 0 aliphatic carbocycles. The highest BCUT2D eigenvalue weighted by Gasteiger charge is 2.55. The molecule has 4 saturated heterocycles. The van der Waals surface area contributed by atoms with E-state index in [1.807, 2.05) is 0 Å². The van der Waals surface area contributed by atoms with Crippen LogP contribution in [0.3, 0.4) is 0 Å². The summed E-state index contributed by atoms with van der Waals surface area (Å²) in [5, 5.41) is 116. The number of ether oxygens (including phenoxy) is 7. The summed E-state index contributed by atoms with van der Waals surface area (Å²) in [5.74, 6) is -0.722. The lowest BCUT2D eigenvalue weighted by atomic mass is 9.94. The molecule has 19 atom stereocenters. The van der Waals surface area contributed by atoms with Gasteiger partial charge in [0.1, 0.15) is 91.5 Å². The molecule has 21 nitrogen and oxygen atoms in total. The maximum atomic E-state index is 12.2. The Morgan fingerprint density at radius 2 is 1.11 bits per heavy atom. The molecule has 0 aromatic carbocycles. The highest BCUT2D eigenvalue weighted by Crippen LogP contribution is 2.33. The van der Waals surface area contributed by atoms with Crippen LogP contribution in [0.5, 0.6) is 0 Å². The van der Waals surface area contributed by atoms with E-state index in [1.54, 1.807) is 0 Å². The van der Waals surface area contributed by atoms with E-state index in [0.29, 0.717) is 0 Å². The number of carbonyl (C=O) groups excluding carboxylic acids is 1. The molecular formula is C26H46N2O19. The third kappa shape index (κ3) is 8.20. The van der Waals surface area contributed by atoms with Gasteiger partial charge in [0.2, 0.25) is 5.91 Å². The average molecular weight is 691 g/mol. The first kappa shape index (κ1) is 38.5. The number of nitrogens with two attached hydrogens (primary N) is 1. The molecule has 47 heavy (non-hydrogen) atoms. The minimum absolute atomic E-state index is 0.108. The van der Waals surface area contributed by atoms with E-state index in [4.69, 9.17) is 38.9 Å². The minimum atomic E-state index is -1.91. The van der Waals surface area contributed by atoms with Crippen molar-refractivity contribution in [3.05, 3.63) is 0 Å². The Bertz CT molecular complexity index is 998. The maximum Gasteiger partial charge on any atom is 0.217 e. The molecule has 0 aromatic heterocycles. The molecule has 0 spiro atoms. The van der Waals surface area contributed by atoms with Crippen molar-refractivity contribution in [2.75, 3.05) is 33.0 Å². The number of aliphatic hydroxyl groups excluding tert-OH is 11. The molecule has 19 unspecified atom stereocenters. The number of amides is 1. The molecule has 4 rings (SSSR count). The normalized spacial score (nSPS) is 49.4. The molecule has 0 bridgehead atoms. The topological polar surface area (TPSA) is 342 Å². The van der Waals surface area contributed by atoms with E-state index in [0.717, 1.165) is 6.92 Å². The SMILES string of the molecule is CC(=O)NC1C(OC2C(O)C(CO)OC(OC3C(CO)OCC(N)C3O)C2O)OC(CO)C(OC2OC(CO)C(O)C(O)C2O)C1O. The largest absolute Gasteiger partial charge is 0.394 e. The molecule has 4 aliphatic heterocycles. The van der Waals surface area contributed by atoms with Crippen LogP contribution in [0.2, 0.25) is 0 Å². The lowest BCUT2D eigenvalue weighted by Crippen LogP contribution is -2.69. The standard InChI is InChI=1S/C26H46N2O19/c1-7(33)28-13-17(37)22(46-25-19(39)18(38)15(35)9(2-29)42-25)12(5-32)44-24(13)47-23-16(36)10(3-30)43-26(20(23)40)45-21-11(4-31)41-6-8(27)14(21)34/h8-26,29-32,34-40H,2-6,27H2,1H3,(H,28,33). The second kappa shape index (κ2) is 16.6. The highest BCUT2D eigenvalue weighted by molar-refractivity contribution is 5.73. The van der Waals surface area contributed by atoms with Gasteiger partial charge in [-0.15, -0.1) is 0 Å². The fraction of sp³-hybridized carbons (Fsp3) is 0.962. The number of rotatable bonds is 11. The van der Waals surface area contributed by atoms with Crippen molar-refractivity contribution in [3.63, 3.8) is 0 Å². The summed E-state index contributed by atoms with van der Waals surface area (Å²) >= 11 is 0. The van der Waals surface area contributed by atoms with Crippen LogP contribution in [0.1, 0.15) is 6.92 Å². The zero-order valence-electron chi connectivity index (χ0n) is 25.3. The predicted molar refractivity (Wildman–Crippen MR) is 146 cm³/mol. The average Bonchev–Trinajstić information content (AvgIpc) is 3.05. The zero-order valence-corrected chi connectivity index (χ0v) is 25.3. The maximum absolute atomic E-state index is 12.2. The van der Waals surface area contributed by atoms with Gasteiger partial charge in [0.05, 0.1) is 39.1 Å². The van der Waals surface area contributed by atoms with Crippen LogP contribution < -0.4 is 11.1 Å². The van der Waals surface area contributed by atoms with Crippen molar-refractivity contribution < 1.29 is 94.1 Å². The predicted octanol–water partition coefficient (Wildman–Crippen LogP) is -8.96. The third-order valence-corrected chi connectivity index (χ3v) is 8.59. The van der Waals surface area contributed by atoms with Crippen molar-refractivity contribution in [2.45, 2.75) is 123 Å². The minimum Gasteiger partial charge on any atom is -0.394 e. The number of hydrogen-bond donors (Lipinski definition) is 13. The Hall–Kier alpha value is -1.29. The summed E-state index contributed by atoms with van der Waals surface area (Å²) in [5.41, 5.74) is 5.84. The van der Waals surface area contributed by atoms with Crippen LogP contribution in [0.4, 0.5) is 0 Å². The molecule has 4 heterocycles. The molecule has 274 valence electrons. The second-order valence-corrected chi connectivity index (χ2v) is 11.9. The molecule has 1 amide bonds. The molecule has 14 N–H and O–H groups in total. The van der Waals surface area contributed by atoms with Gasteiger partial charge in [-0.3, -0.25) is 4.79 Å². The summed E-state index contributed by atoms with van der Waals surface area (Å²) in [7, 11) is 0. The van der Waals surface area contributed by atoms with E-state index in [2.05, 4.69) is 5.32 Å². The first-order chi connectivity index (χ1) is 22.3. The Morgan fingerprint density at radius 1 is 0.617 bits per heavy atom. The van der Waals surface area contributed by atoms with Gasteiger partial charge in [0.25, 0.3) is 0 Å². The van der Waals surface area contributed by atoms with E-state index in [-0.39, 0.29) is 6.61 Å². The van der Waals surface area contributed by atoms with Gasteiger partial charge in [-0.25, -0.2) is 0 Å². The van der Waals surface area contributed by atoms with E-state index >= 15 is 0 Å². The molecule has 0 aromatic rings. The quantitative estimate of drug-likeness (QED) is 0.0957. The Morgan fingerprint density at radius 3 is 1.66 bits per heavy atom. The zero-order chi connectivity index (χ0) is 34.7. The molecule has 21 heteroatoms. The van der Waals surface area contributed by atoms with Gasteiger partial charge in [0.15, 0.2) is 18.9 Å². The first-order valence-corrected chi connectivity index (χ1v) is 15.0. The summed E-state index contributed by atoms with van der Waals surface area (Å²) in [6.45, 7) is -2.11. The number of carbonyl (C=O) groups is 1. The van der Waals surface area contributed by atoms with Gasteiger partial charge in [0, 0.05) is 6.92 Å². The smallest absolute Gasteiger partial charge is 0.217 e. The second-order valence-electron chi connectivity index (χ2n) is 11.9. The lowest BCUT2D eigenvalue weighted by molar-refractivity contribution is -0.374. The molecule has 0 saturated carbocycles. The van der Waals surface area contributed by atoms with E-state index < -0.39 is 149 Å². The Labute approximate surface area is 267 Å². The molecular weight excluding hydrogens is 644 g/mol. The fourth-order valence-electron chi connectivity index (χ4n) is 5.93. The van der Waals surface area contributed by atoms with Gasteiger partial charge in [-0.2, -0.15) is 0 Å². The summed E-state index contributed by atoms with van der Waals surface area (Å²) in [4.78, 5) is 12.2. The summed E-state index contributed by atoms with van der Waals surface area (Å²) in [6.07, 6.45) is -27.7. The van der Waals surface area contributed by atoms with Gasteiger partial charge < -0.3 is 100 Å². The molecule has 4 fully saturated rings. The Balaban J connectivity index is 1.56. The van der Waals surface area contributed by atoms with Crippen LogP contribution in [0, 0.1) is 0 Å². The lowest BCUT2D eigenvalue weighted by Gasteiger charge is -2.49. The van der Waals surface area contributed by atoms with E-state index in [9.17, 15) is 61.0 Å². The summed E-state index contributed by atoms with van der Waals surface area (Å²) < 4.78 is 39.2. The van der Waals surface area contributed by atoms with Crippen molar-refractivity contribution in [1.29, 1.82) is 0 Å².